The maximum absolute atomic E-state index is 13.1. The highest BCUT2D eigenvalue weighted by Crippen LogP contribution is 2.28. The lowest BCUT2D eigenvalue weighted by molar-refractivity contribution is 0.543. The van der Waals surface area contributed by atoms with Gasteiger partial charge in [-0.1, -0.05) is 13.8 Å². The van der Waals surface area contributed by atoms with Gasteiger partial charge in [-0.3, -0.25) is 4.99 Å². The van der Waals surface area contributed by atoms with Gasteiger partial charge in [0.2, 0.25) is 0 Å². The summed E-state index contributed by atoms with van der Waals surface area (Å²) in [6.45, 7) is 4.39. The van der Waals surface area contributed by atoms with Crippen molar-refractivity contribution in [3.05, 3.63) is 35.8 Å². The fourth-order valence-corrected chi connectivity index (χ4v) is 3.36. The van der Waals surface area contributed by atoms with Crippen LogP contribution in [0.2, 0.25) is 0 Å². The van der Waals surface area contributed by atoms with Crippen LogP contribution in [-0.4, -0.2) is 21.8 Å². The van der Waals surface area contributed by atoms with E-state index in [1.807, 2.05) is 6.07 Å². The van der Waals surface area contributed by atoms with Crippen LogP contribution >= 0.6 is 11.8 Å². The topological polar surface area (TPSA) is 28.1 Å². The van der Waals surface area contributed by atoms with E-state index >= 15 is 0 Å². The lowest BCUT2D eigenvalue weighted by Gasteiger charge is -2.07. The van der Waals surface area contributed by atoms with E-state index in [4.69, 9.17) is 4.99 Å². The first kappa shape index (κ1) is 11.8. The SMILES string of the molecule is CC(C)C1CSC(c2cc3cc(F)ccc3[nH]2)=N1. The Labute approximate surface area is 110 Å². The summed E-state index contributed by atoms with van der Waals surface area (Å²) in [6, 6.07) is 7.17. The summed E-state index contributed by atoms with van der Waals surface area (Å²) in [6.07, 6.45) is 0. The van der Waals surface area contributed by atoms with Gasteiger partial charge in [-0.2, -0.15) is 0 Å². The number of aliphatic imine (C=N–C) groups is 1. The molecule has 1 unspecified atom stereocenters. The average molecular weight is 262 g/mol. The van der Waals surface area contributed by atoms with E-state index in [-0.39, 0.29) is 5.82 Å². The molecule has 1 aliphatic heterocycles. The molecule has 0 bridgehead atoms. The molecule has 0 fully saturated rings. The van der Waals surface area contributed by atoms with Gasteiger partial charge in [0.1, 0.15) is 10.9 Å². The zero-order valence-corrected chi connectivity index (χ0v) is 11.2. The number of nitrogens with one attached hydrogen (secondary N) is 1. The molecular formula is C14H15FN2S. The van der Waals surface area contributed by atoms with Crippen molar-refractivity contribution in [3.8, 4) is 0 Å². The maximum atomic E-state index is 13.1. The van der Waals surface area contributed by atoms with E-state index in [9.17, 15) is 4.39 Å². The second-order valence-electron chi connectivity index (χ2n) is 4.97. The Balaban J connectivity index is 1.98. The minimum Gasteiger partial charge on any atom is -0.353 e. The molecule has 94 valence electrons. The number of hydrogen-bond donors (Lipinski definition) is 1. The van der Waals surface area contributed by atoms with E-state index in [1.165, 1.54) is 6.07 Å². The molecular weight excluding hydrogens is 247 g/mol. The van der Waals surface area contributed by atoms with Gasteiger partial charge < -0.3 is 4.98 Å². The van der Waals surface area contributed by atoms with Crippen molar-refractivity contribution >= 4 is 27.7 Å². The molecule has 0 saturated heterocycles. The molecule has 2 aromatic rings. The standard InChI is InChI=1S/C14H15FN2S/c1-8(2)13-7-18-14(17-13)12-6-9-5-10(15)3-4-11(9)16-12/h3-6,8,13,16H,7H2,1-2H3. The molecule has 2 heterocycles. The van der Waals surface area contributed by atoms with E-state index in [1.54, 1.807) is 23.9 Å². The third-order valence-electron chi connectivity index (χ3n) is 3.26. The minimum atomic E-state index is -0.200. The first-order chi connectivity index (χ1) is 8.63. The summed E-state index contributed by atoms with van der Waals surface area (Å²) in [5.74, 6) is 1.41. The quantitative estimate of drug-likeness (QED) is 0.875. The van der Waals surface area contributed by atoms with E-state index < -0.39 is 0 Å². The Bertz CT molecular complexity index is 615. The van der Waals surface area contributed by atoms with Crippen LogP contribution in [0.4, 0.5) is 4.39 Å². The number of H-pyrrole nitrogens is 1. The molecule has 0 spiro atoms. The first-order valence-electron chi connectivity index (χ1n) is 6.13. The number of thioether (sulfide) groups is 1. The van der Waals surface area contributed by atoms with Gasteiger partial charge in [-0.25, -0.2) is 4.39 Å². The normalized spacial score (nSPS) is 19.8. The second-order valence-corrected chi connectivity index (χ2v) is 5.98. The number of nitrogens with zero attached hydrogens (tertiary/aromatic N) is 1. The fourth-order valence-electron chi connectivity index (χ4n) is 2.10. The molecule has 4 heteroatoms. The van der Waals surface area contributed by atoms with E-state index in [0.717, 1.165) is 27.4 Å². The van der Waals surface area contributed by atoms with Gasteiger partial charge in [0.25, 0.3) is 0 Å². The average Bonchev–Trinajstić information content (AvgIpc) is 2.93. The molecule has 18 heavy (non-hydrogen) atoms. The van der Waals surface area contributed by atoms with Crippen molar-refractivity contribution < 1.29 is 4.39 Å². The molecule has 1 aliphatic rings. The largest absolute Gasteiger partial charge is 0.353 e. The molecule has 1 N–H and O–H groups in total. The lowest BCUT2D eigenvalue weighted by atomic mass is 10.1. The van der Waals surface area contributed by atoms with Crippen LogP contribution in [0.5, 0.6) is 0 Å². The van der Waals surface area contributed by atoms with Gasteiger partial charge in [0, 0.05) is 16.7 Å². The van der Waals surface area contributed by atoms with Crippen molar-refractivity contribution in [2.24, 2.45) is 10.9 Å². The van der Waals surface area contributed by atoms with Gasteiger partial charge in [0.05, 0.1) is 11.7 Å². The number of rotatable bonds is 2. The Kier molecular flexibility index (Phi) is 2.90. The number of fused-ring (bicyclic) bond motifs is 1. The predicted octanol–water partition coefficient (Wildman–Crippen LogP) is 3.83. The molecule has 0 amide bonds. The number of aromatic nitrogens is 1. The fraction of sp³-hybridized carbons (Fsp3) is 0.357. The van der Waals surface area contributed by atoms with Crippen molar-refractivity contribution in [2.45, 2.75) is 19.9 Å². The molecule has 1 atom stereocenters. The number of halogens is 1. The molecule has 0 aliphatic carbocycles. The second kappa shape index (κ2) is 4.43. The first-order valence-corrected chi connectivity index (χ1v) is 7.11. The van der Waals surface area contributed by atoms with E-state index in [0.29, 0.717) is 12.0 Å². The summed E-state index contributed by atoms with van der Waals surface area (Å²) in [5, 5.41) is 1.95. The number of benzene rings is 1. The van der Waals surface area contributed by atoms with Gasteiger partial charge in [-0.05, 0) is 30.2 Å². The minimum absolute atomic E-state index is 0.200. The summed E-state index contributed by atoms with van der Waals surface area (Å²) in [4.78, 5) is 8.04. The zero-order chi connectivity index (χ0) is 12.7. The van der Waals surface area contributed by atoms with Crippen LogP contribution in [0.15, 0.2) is 29.3 Å². The molecule has 1 aromatic carbocycles. The van der Waals surface area contributed by atoms with Crippen LogP contribution in [0.1, 0.15) is 19.5 Å². The highest BCUT2D eigenvalue weighted by atomic mass is 32.2. The van der Waals surface area contributed by atoms with Crippen LogP contribution in [0.25, 0.3) is 10.9 Å². The van der Waals surface area contributed by atoms with Crippen molar-refractivity contribution in [3.63, 3.8) is 0 Å². The third-order valence-corrected chi connectivity index (χ3v) is 4.36. The number of aromatic amines is 1. The third kappa shape index (κ3) is 2.05. The van der Waals surface area contributed by atoms with Crippen molar-refractivity contribution in [1.82, 2.24) is 4.98 Å². The molecule has 3 rings (SSSR count). The Morgan fingerprint density at radius 2 is 2.22 bits per heavy atom. The smallest absolute Gasteiger partial charge is 0.123 e. The van der Waals surface area contributed by atoms with Gasteiger partial charge in [0.15, 0.2) is 0 Å². The number of hydrogen-bond acceptors (Lipinski definition) is 2. The van der Waals surface area contributed by atoms with Gasteiger partial charge >= 0.3 is 0 Å². The zero-order valence-electron chi connectivity index (χ0n) is 10.4. The maximum Gasteiger partial charge on any atom is 0.123 e. The van der Waals surface area contributed by atoms with Crippen molar-refractivity contribution in [2.75, 3.05) is 5.75 Å². The van der Waals surface area contributed by atoms with Crippen LogP contribution in [0.3, 0.4) is 0 Å². The van der Waals surface area contributed by atoms with Crippen LogP contribution in [-0.2, 0) is 0 Å². The van der Waals surface area contributed by atoms with Crippen LogP contribution < -0.4 is 0 Å². The molecule has 0 radical (unpaired) electrons. The van der Waals surface area contributed by atoms with Crippen molar-refractivity contribution in [1.29, 1.82) is 0 Å². The predicted molar refractivity (Wildman–Crippen MR) is 75.9 cm³/mol. The monoisotopic (exact) mass is 262 g/mol. The summed E-state index contributed by atoms with van der Waals surface area (Å²) in [5.41, 5.74) is 1.96. The molecule has 0 saturated carbocycles. The lowest BCUT2D eigenvalue weighted by Crippen LogP contribution is -2.11. The Morgan fingerprint density at radius 3 is 2.94 bits per heavy atom. The summed E-state index contributed by atoms with van der Waals surface area (Å²) in [7, 11) is 0. The van der Waals surface area contributed by atoms with Crippen LogP contribution in [0, 0.1) is 11.7 Å². The Morgan fingerprint density at radius 1 is 1.39 bits per heavy atom. The summed E-state index contributed by atoms with van der Waals surface area (Å²) < 4.78 is 13.1. The molecule has 1 aromatic heterocycles. The highest BCUT2D eigenvalue weighted by molar-refractivity contribution is 8.14. The summed E-state index contributed by atoms with van der Waals surface area (Å²) >= 11 is 1.78. The molecule has 2 nitrogen and oxygen atoms in total. The van der Waals surface area contributed by atoms with E-state index in [2.05, 4.69) is 18.8 Å². The Hall–Kier alpha value is -1.29. The van der Waals surface area contributed by atoms with Gasteiger partial charge in [-0.15, -0.1) is 11.8 Å². The highest BCUT2D eigenvalue weighted by Gasteiger charge is 2.22.